The Morgan fingerprint density at radius 3 is 1.31 bits per heavy atom. The zero-order chi connectivity index (χ0) is 25.7. The van der Waals surface area contributed by atoms with E-state index in [1.165, 1.54) is 23.9 Å². The predicted molar refractivity (Wildman–Crippen MR) is 119 cm³/mol. The van der Waals surface area contributed by atoms with Crippen LogP contribution in [0.25, 0.3) is 0 Å². The largest absolute Gasteiger partial charge is 0.433 e. The fourth-order valence-corrected chi connectivity index (χ4v) is 4.32. The maximum atomic E-state index is 11.9. The first-order chi connectivity index (χ1) is 17.2. The van der Waals surface area contributed by atoms with Crippen molar-refractivity contribution in [1.29, 1.82) is 0 Å². The highest BCUT2D eigenvalue weighted by atomic mass is 16.6. The van der Waals surface area contributed by atoms with E-state index in [0.29, 0.717) is 22.3 Å². The lowest BCUT2D eigenvalue weighted by Gasteiger charge is -2.21. The van der Waals surface area contributed by atoms with Crippen LogP contribution in [0, 0.1) is 0 Å². The number of fused-ring (bicyclic) bond motifs is 2. The van der Waals surface area contributed by atoms with Gasteiger partial charge in [-0.25, -0.2) is 19.2 Å². The Morgan fingerprint density at radius 1 is 0.611 bits per heavy atom. The molecule has 4 heterocycles. The van der Waals surface area contributed by atoms with Crippen LogP contribution in [0.2, 0.25) is 0 Å². The molecule has 184 valence electrons. The Morgan fingerprint density at radius 2 is 0.972 bits per heavy atom. The molecule has 2 atom stereocenters. The van der Waals surface area contributed by atoms with E-state index in [9.17, 15) is 28.8 Å². The first-order valence-electron chi connectivity index (χ1n) is 10.9. The Kier molecular flexibility index (Phi) is 5.43. The molecule has 12 nitrogen and oxygen atoms in total. The van der Waals surface area contributed by atoms with E-state index in [1.807, 2.05) is 0 Å². The predicted octanol–water partition coefficient (Wildman–Crippen LogP) is 1.50. The normalized spacial score (nSPS) is 22.5. The number of imide groups is 2. The van der Waals surface area contributed by atoms with E-state index in [2.05, 4.69) is 0 Å². The summed E-state index contributed by atoms with van der Waals surface area (Å²) in [4.78, 5) is 74.5. The number of ether oxygens (including phenoxy) is 2. The Labute approximate surface area is 204 Å². The summed E-state index contributed by atoms with van der Waals surface area (Å²) in [5.41, 5.74) is 2.13. The van der Waals surface area contributed by atoms with Crippen molar-refractivity contribution in [3.05, 3.63) is 70.8 Å². The number of carbonyl (C=O) groups excluding carboxylic acids is 6. The van der Waals surface area contributed by atoms with Crippen molar-refractivity contribution in [2.45, 2.75) is 12.5 Å². The van der Waals surface area contributed by atoms with Crippen LogP contribution in [0.4, 0.5) is 9.59 Å². The van der Waals surface area contributed by atoms with Gasteiger partial charge in [-0.05, 0) is 12.1 Å². The summed E-state index contributed by atoms with van der Waals surface area (Å²) in [7, 11) is 2.82. The minimum atomic E-state index is -0.796. The van der Waals surface area contributed by atoms with Crippen molar-refractivity contribution in [1.82, 2.24) is 19.6 Å². The first kappa shape index (κ1) is 23.0. The number of hydrogen-bond acceptors (Lipinski definition) is 8. The van der Waals surface area contributed by atoms with Gasteiger partial charge in [0.05, 0.1) is 11.1 Å². The molecular formula is C24H20N4O8. The molecule has 4 aliphatic rings. The van der Waals surface area contributed by atoms with E-state index < -0.39 is 36.5 Å². The van der Waals surface area contributed by atoms with Crippen molar-refractivity contribution in [3.63, 3.8) is 0 Å². The Bertz CT molecular complexity index is 1240. The molecule has 0 saturated carbocycles. The van der Waals surface area contributed by atoms with E-state index in [0.717, 1.165) is 9.80 Å². The van der Waals surface area contributed by atoms with Gasteiger partial charge in [0.1, 0.15) is 13.1 Å². The maximum Gasteiger partial charge on any atom is 0.340 e. The monoisotopic (exact) mass is 492 g/mol. The molecule has 2 aromatic carbocycles. The number of amides is 6. The molecule has 6 rings (SSSR count). The second kappa shape index (κ2) is 8.48. The van der Waals surface area contributed by atoms with Gasteiger partial charge in [0.2, 0.25) is 24.3 Å². The fourth-order valence-electron chi connectivity index (χ4n) is 4.32. The van der Waals surface area contributed by atoms with Gasteiger partial charge >= 0.3 is 24.0 Å². The summed E-state index contributed by atoms with van der Waals surface area (Å²) >= 11 is 0. The van der Waals surface area contributed by atoms with Crippen molar-refractivity contribution in [2.75, 3.05) is 27.2 Å². The molecule has 2 aromatic rings. The molecule has 12 heteroatoms. The van der Waals surface area contributed by atoms with Gasteiger partial charge in [-0.2, -0.15) is 0 Å². The van der Waals surface area contributed by atoms with Crippen LogP contribution in [-0.2, 0) is 19.1 Å². The Hall–Kier alpha value is -4.74. The molecule has 0 aromatic heterocycles. The minimum absolute atomic E-state index is 0.0678. The lowest BCUT2D eigenvalue weighted by molar-refractivity contribution is -0.125. The van der Waals surface area contributed by atoms with Crippen LogP contribution in [0.15, 0.2) is 48.5 Å². The van der Waals surface area contributed by atoms with Gasteiger partial charge < -0.3 is 9.47 Å². The molecule has 6 amide bonds. The van der Waals surface area contributed by atoms with Crippen molar-refractivity contribution >= 4 is 35.8 Å². The molecular weight excluding hydrogens is 472 g/mol. The third kappa shape index (κ3) is 3.54. The highest BCUT2D eigenvalue weighted by molar-refractivity contribution is 6.03. The molecule has 0 radical (unpaired) electrons. The summed E-state index contributed by atoms with van der Waals surface area (Å²) < 4.78 is 10.3. The van der Waals surface area contributed by atoms with Gasteiger partial charge in [-0.1, -0.05) is 36.4 Å². The average molecular weight is 492 g/mol. The van der Waals surface area contributed by atoms with Crippen LogP contribution in [-0.4, -0.2) is 82.6 Å². The maximum absolute atomic E-state index is 11.9. The zero-order valence-electron chi connectivity index (χ0n) is 19.2. The second-order valence-corrected chi connectivity index (χ2v) is 8.42. The summed E-state index contributed by atoms with van der Waals surface area (Å²) in [5.74, 6) is -1.54. The minimum Gasteiger partial charge on any atom is -0.433 e. The number of carbonyl (C=O) groups is 6. The average Bonchev–Trinajstić information content (AvgIpc) is 3.55. The lowest BCUT2D eigenvalue weighted by atomic mass is 10.1. The standard InChI is InChI=1S/2C12H10N2O4/c2*1-13-9(15)6-14(12(13)17)10-7-4-2-3-5-8(7)11(16)18-10/h2*2-5,10H,6H2,1H3/t2*10-/m00/s1. The van der Waals surface area contributed by atoms with Gasteiger partial charge in [0.25, 0.3) is 0 Å². The number of rotatable bonds is 2. The molecule has 2 fully saturated rings. The molecule has 4 aliphatic heterocycles. The molecule has 36 heavy (non-hydrogen) atoms. The van der Waals surface area contributed by atoms with Crippen LogP contribution in [0.1, 0.15) is 44.3 Å². The number of urea groups is 2. The van der Waals surface area contributed by atoms with E-state index >= 15 is 0 Å². The third-order valence-corrected chi connectivity index (χ3v) is 6.32. The van der Waals surface area contributed by atoms with Crippen LogP contribution < -0.4 is 0 Å². The van der Waals surface area contributed by atoms with Crippen LogP contribution >= 0.6 is 0 Å². The van der Waals surface area contributed by atoms with Gasteiger partial charge in [-0.15, -0.1) is 0 Å². The van der Waals surface area contributed by atoms with Gasteiger partial charge in [0.15, 0.2) is 0 Å². The molecule has 0 bridgehead atoms. The number of nitrogens with zero attached hydrogens (tertiary/aromatic N) is 4. The first-order valence-corrected chi connectivity index (χ1v) is 10.9. The van der Waals surface area contributed by atoms with Crippen molar-refractivity contribution in [2.24, 2.45) is 0 Å². The van der Waals surface area contributed by atoms with Crippen molar-refractivity contribution in [3.8, 4) is 0 Å². The van der Waals surface area contributed by atoms with E-state index in [4.69, 9.17) is 9.47 Å². The number of benzene rings is 2. The summed E-state index contributed by atoms with van der Waals surface area (Å²) in [6.07, 6.45) is -1.59. The molecule has 0 aliphatic carbocycles. The topological polar surface area (TPSA) is 134 Å². The lowest BCUT2D eigenvalue weighted by Crippen LogP contribution is -2.33. The number of esters is 2. The molecule has 0 unspecified atom stereocenters. The van der Waals surface area contributed by atoms with Crippen LogP contribution in [0.5, 0.6) is 0 Å². The Balaban J connectivity index is 0.000000148. The summed E-state index contributed by atoms with van der Waals surface area (Å²) in [5, 5.41) is 0. The zero-order valence-corrected chi connectivity index (χ0v) is 19.2. The highest BCUT2D eigenvalue weighted by Crippen LogP contribution is 2.36. The SMILES string of the molecule is CN1C(=O)CN([C@H]2OC(=O)c3ccccc32)C1=O.CN1C(=O)CN([C@H]2OC(=O)c3ccccc32)C1=O. The smallest absolute Gasteiger partial charge is 0.340 e. The molecule has 0 spiro atoms. The third-order valence-electron chi connectivity index (χ3n) is 6.32. The summed E-state index contributed by atoms with van der Waals surface area (Å²) in [6.45, 7) is -0.136. The second-order valence-electron chi connectivity index (χ2n) is 8.42. The van der Waals surface area contributed by atoms with Gasteiger partial charge in [0, 0.05) is 25.2 Å². The fraction of sp³-hybridized carbons (Fsp3) is 0.250. The molecule has 2 saturated heterocycles. The number of hydrogen-bond donors (Lipinski definition) is 0. The number of cyclic esters (lactones) is 2. The van der Waals surface area contributed by atoms with Crippen LogP contribution in [0.3, 0.4) is 0 Å². The van der Waals surface area contributed by atoms with E-state index in [1.54, 1.807) is 48.5 Å². The highest BCUT2D eigenvalue weighted by Gasteiger charge is 2.45. The van der Waals surface area contributed by atoms with Crippen molar-refractivity contribution < 1.29 is 38.2 Å². The number of likely N-dealkylation sites (N-methyl/N-ethyl adjacent to an activating group) is 2. The molecule has 0 N–H and O–H groups in total. The summed E-state index contributed by atoms with van der Waals surface area (Å²) in [6, 6.07) is 12.8. The van der Waals surface area contributed by atoms with Gasteiger partial charge in [-0.3, -0.25) is 29.2 Å². The quantitative estimate of drug-likeness (QED) is 0.455. The van der Waals surface area contributed by atoms with E-state index in [-0.39, 0.29) is 24.9 Å².